The monoisotopic (exact) mass is 459 g/mol. The summed E-state index contributed by atoms with van der Waals surface area (Å²) in [5, 5.41) is 2.96. The van der Waals surface area contributed by atoms with E-state index in [9.17, 15) is 13.2 Å². The molecule has 1 fully saturated rings. The highest BCUT2D eigenvalue weighted by molar-refractivity contribution is 7.89. The molecule has 31 heavy (non-hydrogen) atoms. The summed E-state index contributed by atoms with van der Waals surface area (Å²) in [5.74, 6) is 0.353. The molecule has 0 spiro atoms. The molecule has 2 heterocycles. The summed E-state index contributed by atoms with van der Waals surface area (Å²) >= 11 is 0.998. The Morgan fingerprint density at radius 2 is 1.81 bits per heavy atom. The molecule has 1 aromatic heterocycles. The number of hydrogen-bond donors (Lipinski definition) is 1. The van der Waals surface area contributed by atoms with Gasteiger partial charge in [-0.05, 0) is 30.0 Å². The van der Waals surface area contributed by atoms with E-state index in [1.807, 2.05) is 18.2 Å². The molecular weight excluding hydrogens is 434 g/mol. The van der Waals surface area contributed by atoms with E-state index >= 15 is 0 Å². The van der Waals surface area contributed by atoms with Crippen molar-refractivity contribution in [2.45, 2.75) is 24.2 Å². The molecule has 3 aromatic rings. The molecule has 0 radical (unpaired) electrons. The second-order valence-electron chi connectivity index (χ2n) is 7.61. The molecule has 1 atom stereocenters. The molecule has 0 saturated carbocycles. The number of piperazine rings is 1. The third-order valence-electron chi connectivity index (χ3n) is 5.61. The smallest absolute Gasteiger partial charge is 0.317 e. The lowest BCUT2D eigenvalue weighted by molar-refractivity contribution is 0.172. The van der Waals surface area contributed by atoms with E-state index in [1.54, 1.807) is 23.1 Å². The Morgan fingerprint density at radius 3 is 2.55 bits per heavy atom. The van der Waals surface area contributed by atoms with Gasteiger partial charge in [0.2, 0.25) is 10.0 Å². The zero-order chi connectivity index (χ0) is 21.8. The Hall–Kier alpha value is -2.56. The number of carbonyl (C=O) groups excluding carboxylic acids is 1. The number of aromatic nitrogens is 2. The van der Waals surface area contributed by atoms with Crippen LogP contribution in [0.5, 0.6) is 0 Å². The van der Waals surface area contributed by atoms with Crippen LogP contribution in [-0.4, -0.2) is 65.1 Å². The number of amides is 2. The first-order chi connectivity index (χ1) is 15.0. The number of nitrogens with zero attached hydrogens (tertiary/aromatic N) is 4. The molecule has 2 amide bonds. The lowest BCUT2D eigenvalue weighted by atomic mass is 9.98. The molecule has 1 saturated heterocycles. The van der Waals surface area contributed by atoms with Crippen molar-refractivity contribution >= 4 is 38.8 Å². The minimum Gasteiger partial charge on any atom is -0.338 e. The summed E-state index contributed by atoms with van der Waals surface area (Å²) < 4.78 is 35.9. The van der Waals surface area contributed by atoms with Gasteiger partial charge in [0.1, 0.15) is 15.9 Å². The van der Waals surface area contributed by atoms with Gasteiger partial charge in [0.15, 0.2) is 0 Å². The maximum absolute atomic E-state index is 13.1. The highest BCUT2D eigenvalue weighted by Gasteiger charge is 2.31. The largest absolute Gasteiger partial charge is 0.338 e. The molecule has 0 bridgehead atoms. The van der Waals surface area contributed by atoms with Crippen LogP contribution in [0, 0.1) is 0 Å². The van der Waals surface area contributed by atoms with Crippen molar-refractivity contribution in [3.8, 4) is 0 Å². The molecule has 2 aromatic carbocycles. The van der Waals surface area contributed by atoms with E-state index in [1.165, 1.54) is 9.87 Å². The van der Waals surface area contributed by atoms with Crippen LogP contribution in [0.1, 0.15) is 24.8 Å². The van der Waals surface area contributed by atoms with Gasteiger partial charge in [-0.15, -0.1) is 0 Å². The summed E-state index contributed by atoms with van der Waals surface area (Å²) in [4.78, 5) is 14.4. The zero-order valence-electron chi connectivity index (χ0n) is 17.3. The summed E-state index contributed by atoms with van der Waals surface area (Å²) in [5.41, 5.74) is 2.23. The zero-order valence-corrected chi connectivity index (χ0v) is 18.9. The van der Waals surface area contributed by atoms with Crippen LogP contribution >= 0.6 is 11.7 Å². The van der Waals surface area contributed by atoms with Crippen LogP contribution in [0.3, 0.4) is 0 Å². The van der Waals surface area contributed by atoms with Gasteiger partial charge < -0.3 is 10.2 Å². The number of hydrogen-bond acceptors (Lipinski definition) is 6. The molecule has 1 aliphatic rings. The van der Waals surface area contributed by atoms with E-state index in [0.29, 0.717) is 36.6 Å². The SMILES string of the molecule is CC(CCNC(=O)N1CCN(S(=O)(=O)c2cccc3nsnc23)CC1)c1ccccc1. The number of benzene rings is 2. The lowest BCUT2D eigenvalue weighted by Crippen LogP contribution is -2.53. The first-order valence-electron chi connectivity index (χ1n) is 10.3. The lowest BCUT2D eigenvalue weighted by Gasteiger charge is -2.34. The Morgan fingerprint density at radius 1 is 1.06 bits per heavy atom. The fourth-order valence-electron chi connectivity index (χ4n) is 3.72. The van der Waals surface area contributed by atoms with Gasteiger partial charge in [-0.2, -0.15) is 13.1 Å². The maximum Gasteiger partial charge on any atom is 0.317 e. The fraction of sp³-hybridized carbons (Fsp3) is 0.381. The van der Waals surface area contributed by atoms with Crippen molar-refractivity contribution in [2.24, 2.45) is 0 Å². The van der Waals surface area contributed by atoms with E-state index in [0.717, 1.165) is 18.1 Å². The summed E-state index contributed by atoms with van der Waals surface area (Å²) in [6.45, 7) is 3.93. The van der Waals surface area contributed by atoms with Gasteiger partial charge in [-0.25, -0.2) is 13.2 Å². The molecule has 8 nitrogen and oxygen atoms in total. The van der Waals surface area contributed by atoms with Gasteiger partial charge in [0, 0.05) is 32.7 Å². The van der Waals surface area contributed by atoms with Crippen LogP contribution in [0.25, 0.3) is 11.0 Å². The van der Waals surface area contributed by atoms with E-state index in [4.69, 9.17) is 0 Å². The van der Waals surface area contributed by atoms with Crippen molar-refractivity contribution in [2.75, 3.05) is 32.7 Å². The van der Waals surface area contributed by atoms with Gasteiger partial charge in [-0.1, -0.05) is 43.3 Å². The minimum atomic E-state index is -3.69. The van der Waals surface area contributed by atoms with Gasteiger partial charge >= 0.3 is 6.03 Å². The van der Waals surface area contributed by atoms with Crippen LogP contribution < -0.4 is 5.32 Å². The molecular formula is C21H25N5O3S2. The van der Waals surface area contributed by atoms with E-state index < -0.39 is 10.0 Å². The van der Waals surface area contributed by atoms with Crippen LogP contribution in [0.2, 0.25) is 0 Å². The molecule has 1 N–H and O–H groups in total. The molecule has 4 rings (SSSR count). The Labute approximate surface area is 186 Å². The summed E-state index contributed by atoms with van der Waals surface area (Å²) in [7, 11) is -3.69. The quantitative estimate of drug-likeness (QED) is 0.612. The predicted molar refractivity (Wildman–Crippen MR) is 121 cm³/mol. The minimum absolute atomic E-state index is 0.150. The van der Waals surface area contributed by atoms with Crippen molar-refractivity contribution in [1.29, 1.82) is 0 Å². The summed E-state index contributed by atoms with van der Waals surface area (Å²) in [6, 6.07) is 15.0. The number of fused-ring (bicyclic) bond motifs is 1. The Balaban J connectivity index is 1.30. The first-order valence-corrected chi connectivity index (χ1v) is 12.4. The van der Waals surface area contributed by atoms with E-state index in [-0.39, 0.29) is 24.0 Å². The Kier molecular flexibility index (Phi) is 6.49. The topological polar surface area (TPSA) is 95.5 Å². The van der Waals surface area contributed by atoms with Gasteiger partial charge in [0.05, 0.1) is 11.7 Å². The third-order valence-corrected chi connectivity index (χ3v) is 8.09. The average molecular weight is 460 g/mol. The molecule has 10 heteroatoms. The normalized spacial score (nSPS) is 16.4. The van der Waals surface area contributed by atoms with Gasteiger partial charge in [-0.3, -0.25) is 0 Å². The second kappa shape index (κ2) is 9.29. The maximum atomic E-state index is 13.1. The van der Waals surface area contributed by atoms with Gasteiger partial charge in [0.25, 0.3) is 0 Å². The Bertz CT molecular complexity index is 1140. The third kappa shape index (κ3) is 4.70. The van der Waals surface area contributed by atoms with Crippen molar-refractivity contribution < 1.29 is 13.2 Å². The standard InChI is InChI=1S/C21H25N5O3S2/c1-16(17-6-3-2-4-7-17)10-11-22-21(27)25-12-14-26(15-13-25)31(28,29)19-9-5-8-18-20(19)24-30-23-18/h2-9,16H,10-15H2,1H3,(H,22,27). The van der Waals surface area contributed by atoms with E-state index in [2.05, 4.69) is 33.1 Å². The van der Waals surface area contributed by atoms with Crippen molar-refractivity contribution in [3.05, 3.63) is 54.1 Å². The van der Waals surface area contributed by atoms with Crippen molar-refractivity contribution in [1.82, 2.24) is 23.3 Å². The molecule has 0 aliphatic carbocycles. The average Bonchev–Trinajstić information content (AvgIpc) is 3.28. The van der Waals surface area contributed by atoms with Crippen LogP contribution in [0.4, 0.5) is 4.79 Å². The van der Waals surface area contributed by atoms with Crippen molar-refractivity contribution in [3.63, 3.8) is 0 Å². The summed E-state index contributed by atoms with van der Waals surface area (Å²) in [6.07, 6.45) is 0.843. The molecule has 1 aliphatic heterocycles. The predicted octanol–water partition coefficient (Wildman–Crippen LogP) is 2.90. The van der Waals surface area contributed by atoms with Crippen LogP contribution in [0.15, 0.2) is 53.4 Å². The molecule has 1 unspecified atom stereocenters. The first kappa shape index (κ1) is 21.7. The number of urea groups is 1. The number of carbonyl (C=O) groups is 1. The highest BCUT2D eigenvalue weighted by Crippen LogP contribution is 2.25. The number of nitrogens with one attached hydrogen (secondary N) is 1. The van der Waals surface area contributed by atoms with Crippen LogP contribution in [-0.2, 0) is 10.0 Å². The molecule has 164 valence electrons. The second-order valence-corrected chi connectivity index (χ2v) is 10.0. The number of rotatable bonds is 6. The highest BCUT2D eigenvalue weighted by atomic mass is 32.2. The fourth-order valence-corrected chi connectivity index (χ4v) is 5.89. The number of sulfonamides is 1.